The van der Waals surface area contributed by atoms with Gasteiger partial charge in [0.2, 0.25) is 0 Å². The molecule has 0 saturated carbocycles. The van der Waals surface area contributed by atoms with Crippen molar-refractivity contribution in [1.29, 1.82) is 0 Å². The summed E-state index contributed by atoms with van der Waals surface area (Å²) in [7, 11) is 0. The maximum Gasteiger partial charge on any atom is 0.186 e. The van der Waals surface area contributed by atoms with Crippen LogP contribution in [0.2, 0.25) is 0 Å². The van der Waals surface area contributed by atoms with Crippen LogP contribution in [0, 0.1) is 0 Å². The fourth-order valence-electron chi connectivity index (χ4n) is 3.11. The van der Waals surface area contributed by atoms with Gasteiger partial charge >= 0.3 is 0 Å². The average Bonchev–Trinajstić information content (AvgIpc) is 3.06. The number of phenols is 1. The zero-order chi connectivity index (χ0) is 16.4. The maximum absolute atomic E-state index is 9.34. The van der Waals surface area contributed by atoms with Crippen molar-refractivity contribution in [1.82, 2.24) is 9.88 Å². The lowest BCUT2D eigenvalue weighted by molar-refractivity contribution is 0.261. The number of hydrogen-bond donors (Lipinski definition) is 1. The first-order valence-electron chi connectivity index (χ1n) is 8.39. The van der Waals surface area contributed by atoms with Gasteiger partial charge in [-0.25, -0.2) is 4.98 Å². The Balaban J connectivity index is 1.32. The summed E-state index contributed by atoms with van der Waals surface area (Å²) in [6.45, 7) is 5.30. The van der Waals surface area contributed by atoms with Gasteiger partial charge in [-0.2, -0.15) is 0 Å². The molecule has 124 valence electrons. The first-order chi connectivity index (χ1) is 11.8. The minimum absolute atomic E-state index is 0.336. The standard InChI is InChI=1S/C19H21N3OS/c23-16-7-5-15(6-8-16)9-10-21-11-13-22(14-12-21)19-20-17-3-1-2-4-18(17)24-19/h1-8,23H,9-14H2. The summed E-state index contributed by atoms with van der Waals surface area (Å²) in [6.07, 6.45) is 1.03. The van der Waals surface area contributed by atoms with Gasteiger partial charge in [0.25, 0.3) is 0 Å². The van der Waals surface area contributed by atoms with Crippen LogP contribution in [0.4, 0.5) is 5.13 Å². The summed E-state index contributed by atoms with van der Waals surface area (Å²) in [6, 6.07) is 15.9. The number of nitrogens with zero attached hydrogens (tertiary/aromatic N) is 3. The van der Waals surface area contributed by atoms with E-state index in [-0.39, 0.29) is 0 Å². The van der Waals surface area contributed by atoms with Crippen LogP contribution in [0.25, 0.3) is 10.2 Å². The van der Waals surface area contributed by atoms with Crippen molar-refractivity contribution in [3.8, 4) is 5.75 Å². The van der Waals surface area contributed by atoms with Crippen LogP contribution in [-0.2, 0) is 6.42 Å². The molecule has 1 aromatic heterocycles. The molecule has 1 fully saturated rings. The molecule has 1 N–H and O–H groups in total. The third kappa shape index (κ3) is 3.37. The number of fused-ring (bicyclic) bond motifs is 1. The van der Waals surface area contributed by atoms with Crippen molar-refractivity contribution in [3.63, 3.8) is 0 Å². The van der Waals surface area contributed by atoms with Crippen molar-refractivity contribution in [3.05, 3.63) is 54.1 Å². The number of para-hydroxylation sites is 1. The van der Waals surface area contributed by atoms with E-state index in [9.17, 15) is 5.11 Å². The Labute approximate surface area is 146 Å². The molecule has 0 bridgehead atoms. The Morgan fingerprint density at radius 2 is 1.71 bits per heavy atom. The monoisotopic (exact) mass is 339 g/mol. The van der Waals surface area contributed by atoms with Gasteiger partial charge in [0.05, 0.1) is 10.2 Å². The van der Waals surface area contributed by atoms with E-state index >= 15 is 0 Å². The predicted molar refractivity (Wildman–Crippen MR) is 100 cm³/mol. The maximum atomic E-state index is 9.34. The highest BCUT2D eigenvalue weighted by molar-refractivity contribution is 7.22. The van der Waals surface area contributed by atoms with E-state index in [1.807, 2.05) is 18.2 Å². The highest BCUT2D eigenvalue weighted by Gasteiger charge is 2.19. The van der Waals surface area contributed by atoms with E-state index in [1.165, 1.54) is 10.3 Å². The van der Waals surface area contributed by atoms with Crippen LogP contribution in [0.1, 0.15) is 5.56 Å². The summed E-state index contributed by atoms with van der Waals surface area (Å²) in [5.74, 6) is 0.336. The van der Waals surface area contributed by atoms with Gasteiger partial charge in [0, 0.05) is 32.7 Å². The van der Waals surface area contributed by atoms with Crippen molar-refractivity contribution in [2.45, 2.75) is 6.42 Å². The molecule has 1 aliphatic heterocycles. The molecule has 1 saturated heterocycles. The van der Waals surface area contributed by atoms with Crippen molar-refractivity contribution in [2.24, 2.45) is 0 Å². The van der Waals surface area contributed by atoms with Crippen LogP contribution < -0.4 is 4.90 Å². The van der Waals surface area contributed by atoms with Crippen LogP contribution in [0.5, 0.6) is 5.75 Å². The number of aromatic nitrogens is 1. The first-order valence-corrected chi connectivity index (χ1v) is 9.20. The Morgan fingerprint density at radius 3 is 2.46 bits per heavy atom. The SMILES string of the molecule is Oc1ccc(CCN2CCN(c3nc4ccccc4s3)CC2)cc1. The zero-order valence-corrected chi connectivity index (χ0v) is 14.4. The quantitative estimate of drug-likeness (QED) is 0.791. The average molecular weight is 339 g/mol. The number of piperazine rings is 1. The first kappa shape index (κ1) is 15.4. The Hall–Kier alpha value is -2.11. The molecule has 0 radical (unpaired) electrons. The van der Waals surface area contributed by atoms with E-state index in [2.05, 4.69) is 28.0 Å². The number of phenolic OH excluding ortho intramolecular Hbond substituents is 1. The number of aromatic hydroxyl groups is 1. The highest BCUT2D eigenvalue weighted by Crippen LogP contribution is 2.29. The van der Waals surface area contributed by atoms with Crippen LogP contribution >= 0.6 is 11.3 Å². The van der Waals surface area contributed by atoms with Crippen LogP contribution in [-0.4, -0.2) is 47.7 Å². The van der Waals surface area contributed by atoms with Gasteiger partial charge in [-0.15, -0.1) is 0 Å². The van der Waals surface area contributed by atoms with Gasteiger partial charge in [-0.3, -0.25) is 4.90 Å². The normalized spacial score (nSPS) is 15.9. The predicted octanol–water partition coefficient (Wildman–Crippen LogP) is 3.37. The number of hydrogen-bond acceptors (Lipinski definition) is 5. The summed E-state index contributed by atoms with van der Waals surface area (Å²) in [5, 5.41) is 10.5. The molecule has 3 aromatic rings. The molecule has 0 spiro atoms. The molecular weight excluding hydrogens is 318 g/mol. The summed E-state index contributed by atoms with van der Waals surface area (Å²) >= 11 is 1.79. The lowest BCUT2D eigenvalue weighted by Gasteiger charge is -2.34. The lowest BCUT2D eigenvalue weighted by Crippen LogP contribution is -2.46. The second-order valence-corrected chi connectivity index (χ2v) is 7.22. The van der Waals surface area contributed by atoms with E-state index in [1.54, 1.807) is 23.5 Å². The Bertz CT molecular complexity index is 774. The summed E-state index contributed by atoms with van der Waals surface area (Å²) in [5.41, 5.74) is 2.38. The molecule has 0 aliphatic carbocycles. The van der Waals surface area contributed by atoms with Gasteiger partial charge < -0.3 is 10.0 Å². The van der Waals surface area contributed by atoms with E-state index < -0.39 is 0 Å². The minimum atomic E-state index is 0.336. The molecule has 2 heterocycles. The largest absolute Gasteiger partial charge is 0.508 e. The molecular formula is C19H21N3OS. The van der Waals surface area contributed by atoms with E-state index in [4.69, 9.17) is 4.98 Å². The van der Waals surface area contributed by atoms with Crippen molar-refractivity contribution in [2.75, 3.05) is 37.6 Å². The Morgan fingerprint density at radius 1 is 0.958 bits per heavy atom. The molecule has 0 amide bonds. The van der Waals surface area contributed by atoms with Gasteiger partial charge in [0.1, 0.15) is 5.75 Å². The zero-order valence-electron chi connectivity index (χ0n) is 13.6. The van der Waals surface area contributed by atoms with Crippen LogP contribution in [0.3, 0.4) is 0 Å². The molecule has 4 nitrogen and oxygen atoms in total. The summed E-state index contributed by atoms with van der Waals surface area (Å²) in [4.78, 5) is 9.68. The third-order valence-corrected chi connectivity index (χ3v) is 5.68. The van der Waals surface area contributed by atoms with Gasteiger partial charge in [-0.05, 0) is 36.2 Å². The topological polar surface area (TPSA) is 39.6 Å². The number of anilines is 1. The van der Waals surface area contributed by atoms with Gasteiger partial charge in [-0.1, -0.05) is 35.6 Å². The number of rotatable bonds is 4. The molecule has 5 heteroatoms. The molecule has 24 heavy (non-hydrogen) atoms. The van der Waals surface area contributed by atoms with E-state index in [0.717, 1.165) is 49.8 Å². The van der Waals surface area contributed by atoms with Crippen molar-refractivity contribution < 1.29 is 5.11 Å². The molecule has 0 atom stereocenters. The number of thiazole rings is 1. The smallest absolute Gasteiger partial charge is 0.186 e. The lowest BCUT2D eigenvalue weighted by atomic mass is 10.1. The third-order valence-electron chi connectivity index (χ3n) is 4.58. The highest BCUT2D eigenvalue weighted by atomic mass is 32.1. The van der Waals surface area contributed by atoms with Crippen molar-refractivity contribution >= 4 is 26.7 Å². The fourth-order valence-corrected chi connectivity index (χ4v) is 4.13. The van der Waals surface area contributed by atoms with E-state index in [0.29, 0.717) is 5.75 Å². The summed E-state index contributed by atoms with van der Waals surface area (Å²) < 4.78 is 1.27. The molecule has 1 aliphatic rings. The fraction of sp³-hybridized carbons (Fsp3) is 0.316. The second kappa shape index (κ2) is 6.79. The molecule has 4 rings (SSSR count). The molecule has 2 aromatic carbocycles. The Kier molecular flexibility index (Phi) is 4.36. The minimum Gasteiger partial charge on any atom is -0.508 e. The molecule has 0 unspecified atom stereocenters. The van der Waals surface area contributed by atoms with Crippen LogP contribution in [0.15, 0.2) is 48.5 Å². The second-order valence-electron chi connectivity index (χ2n) is 6.21. The van der Waals surface area contributed by atoms with Gasteiger partial charge in [0.15, 0.2) is 5.13 Å². The number of benzene rings is 2.